The van der Waals surface area contributed by atoms with E-state index in [0.29, 0.717) is 23.7 Å². The normalized spacial score (nSPS) is 12.2. The van der Waals surface area contributed by atoms with Gasteiger partial charge in [-0.3, -0.25) is 4.72 Å². The fourth-order valence-corrected chi connectivity index (χ4v) is 3.74. The van der Waals surface area contributed by atoms with Gasteiger partial charge in [0.1, 0.15) is 5.75 Å². The molecule has 0 spiro atoms. The zero-order valence-electron chi connectivity index (χ0n) is 17.4. The van der Waals surface area contributed by atoms with Crippen LogP contribution in [0.1, 0.15) is 48.4 Å². The molecule has 0 aliphatic heterocycles. The molecular formula is C21H23N3O6S. The minimum Gasteiger partial charge on any atom is -0.497 e. The van der Waals surface area contributed by atoms with E-state index in [1.165, 1.54) is 31.4 Å². The van der Waals surface area contributed by atoms with Gasteiger partial charge in [0.2, 0.25) is 0 Å². The van der Waals surface area contributed by atoms with Gasteiger partial charge in [-0.1, -0.05) is 12.1 Å². The first-order chi connectivity index (χ1) is 14.8. The van der Waals surface area contributed by atoms with Gasteiger partial charge < -0.3 is 14.0 Å². The minimum absolute atomic E-state index is 0.00836. The van der Waals surface area contributed by atoms with Crippen LogP contribution < -0.4 is 9.46 Å². The number of benzene rings is 2. The van der Waals surface area contributed by atoms with Crippen LogP contribution in [0.2, 0.25) is 0 Å². The number of aryl methyl sites for hydroxylation is 1. The van der Waals surface area contributed by atoms with E-state index in [2.05, 4.69) is 14.9 Å². The molecule has 3 aromatic rings. The van der Waals surface area contributed by atoms with E-state index >= 15 is 0 Å². The zero-order chi connectivity index (χ0) is 22.4. The predicted octanol–water partition coefficient (Wildman–Crippen LogP) is 3.75. The standard InChI is InChI=1S/C21H23N3O6S/c1-4-5-19-22-20(30-23-19)14(2)29-21(25)15-6-12-18(13-7-15)31(26,27)24-16-8-10-17(28-3)11-9-16/h6-14,24H,4-5H2,1-3H3. The number of carbonyl (C=O) groups is 1. The molecule has 1 unspecified atom stereocenters. The van der Waals surface area contributed by atoms with Crippen LogP contribution in [-0.2, 0) is 21.2 Å². The minimum atomic E-state index is -3.82. The van der Waals surface area contributed by atoms with Crippen LogP contribution in [0.15, 0.2) is 57.9 Å². The van der Waals surface area contributed by atoms with Crippen LogP contribution in [0.3, 0.4) is 0 Å². The van der Waals surface area contributed by atoms with Crippen LogP contribution in [0.5, 0.6) is 5.75 Å². The molecular weight excluding hydrogens is 422 g/mol. The van der Waals surface area contributed by atoms with E-state index < -0.39 is 22.1 Å². The smallest absolute Gasteiger partial charge is 0.338 e. The number of nitrogens with one attached hydrogen (secondary N) is 1. The second-order valence-corrected chi connectivity index (χ2v) is 8.39. The molecule has 0 aliphatic carbocycles. The van der Waals surface area contributed by atoms with Crippen LogP contribution in [0.25, 0.3) is 0 Å². The number of methoxy groups -OCH3 is 1. The molecule has 1 atom stereocenters. The lowest BCUT2D eigenvalue weighted by molar-refractivity contribution is 0.0265. The number of carbonyl (C=O) groups excluding carboxylic acids is 1. The Bertz CT molecular complexity index is 1120. The van der Waals surface area contributed by atoms with E-state index in [0.717, 1.165) is 6.42 Å². The zero-order valence-corrected chi connectivity index (χ0v) is 18.2. The quantitative estimate of drug-likeness (QED) is 0.494. The Kier molecular flexibility index (Phi) is 6.91. The van der Waals surface area contributed by atoms with Crippen molar-refractivity contribution in [1.82, 2.24) is 10.1 Å². The second kappa shape index (κ2) is 9.61. The van der Waals surface area contributed by atoms with Crippen molar-refractivity contribution in [3.8, 4) is 5.75 Å². The van der Waals surface area contributed by atoms with Crippen molar-refractivity contribution < 1.29 is 27.2 Å². The maximum Gasteiger partial charge on any atom is 0.338 e. The Morgan fingerprint density at radius 3 is 2.42 bits per heavy atom. The average molecular weight is 445 g/mol. The first kappa shape index (κ1) is 22.3. The number of sulfonamides is 1. The van der Waals surface area contributed by atoms with Gasteiger partial charge in [0.05, 0.1) is 17.6 Å². The third-order valence-corrected chi connectivity index (χ3v) is 5.73. The average Bonchev–Trinajstić information content (AvgIpc) is 3.23. The molecule has 1 aromatic heterocycles. The fraction of sp³-hybridized carbons (Fsp3) is 0.286. The molecule has 1 N–H and O–H groups in total. The third-order valence-electron chi connectivity index (χ3n) is 4.33. The van der Waals surface area contributed by atoms with Crippen molar-refractivity contribution in [3.05, 3.63) is 65.8 Å². The molecule has 0 aliphatic rings. The first-order valence-corrected chi connectivity index (χ1v) is 11.1. The molecule has 31 heavy (non-hydrogen) atoms. The van der Waals surface area contributed by atoms with Gasteiger partial charge >= 0.3 is 5.97 Å². The van der Waals surface area contributed by atoms with E-state index in [-0.39, 0.29) is 16.3 Å². The van der Waals surface area contributed by atoms with Gasteiger partial charge in [0.15, 0.2) is 11.9 Å². The summed E-state index contributed by atoms with van der Waals surface area (Å²) in [7, 11) is -2.29. The molecule has 0 bridgehead atoms. The Labute approximate surface area is 180 Å². The van der Waals surface area contributed by atoms with Gasteiger partial charge in [-0.2, -0.15) is 4.98 Å². The lowest BCUT2D eigenvalue weighted by Crippen LogP contribution is -2.14. The third kappa shape index (κ3) is 5.60. The topological polar surface area (TPSA) is 121 Å². The number of hydrogen-bond donors (Lipinski definition) is 1. The summed E-state index contributed by atoms with van der Waals surface area (Å²) in [6.45, 7) is 3.62. The van der Waals surface area contributed by atoms with Crippen LogP contribution in [0.4, 0.5) is 5.69 Å². The van der Waals surface area contributed by atoms with Crippen molar-refractivity contribution in [2.45, 2.75) is 37.7 Å². The fourth-order valence-electron chi connectivity index (χ4n) is 2.68. The largest absolute Gasteiger partial charge is 0.497 e. The summed E-state index contributed by atoms with van der Waals surface area (Å²) in [4.78, 5) is 16.6. The molecule has 0 saturated heterocycles. The molecule has 2 aromatic carbocycles. The highest BCUT2D eigenvalue weighted by molar-refractivity contribution is 7.92. The van der Waals surface area contributed by atoms with Crippen LogP contribution in [0, 0.1) is 0 Å². The summed E-state index contributed by atoms with van der Waals surface area (Å²) in [6, 6.07) is 11.9. The molecule has 0 fully saturated rings. The predicted molar refractivity (Wildman–Crippen MR) is 112 cm³/mol. The highest BCUT2D eigenvalue weighted by Crippen LogP contribution is 2.21. The summed E-state index contributed by atoms with van der Waals surface area (Å²) >= 11 is 0. The Balaban J connectivity index is 1.65. The van der Waals surface area contributed by atoms with Gasteiger partial charge in [-0.15, -0.1) is 0 Å². The molecule has 9 nitrogen and oxygen atoms in total. The molecule has 0 amide bonds. The monoisotopic (exact) mass is 445 g/mol. The molecule has 1 heterocycles. The summed E-state index contributed by atoms with van der Waals surface area (Å²) in [5.41, 5.74) is 0.587. The number of anilines is 1. The second-order valence-electron chi connectivity index (χ2n) is 6.70. The van der Waals surface area contributed by atoms with Crippen LogP contribution >= 0.6 is 0 Å². The van der Waals surface area contributed by atoms with Gasteiger partial charge in [0, 0.05) is 12.1 Å². The molecule has 0 saturated carbocycles. The van der Waals surface area contributed by atoms with Gasteiger partial charge in [-0.05, 0) is 61.9 Å². The van der Waals surface area contributed by atoms with E-state index in [1.54, 1.807) is 31.2 Å². The maximum atomic E-state index is 12.6. The first-order valence-electron chi connectivity index (χ1n) is 9.62. The van der Waals surface area contributed by atoms with Crippen molar-refractivity contribution in [2.75, 3.05) is 11.8 Å². The van der Waals surface area contributed by atoms with Crippen molar-refractivity contribution in [2.24, 2.45) is 0 Å². The molecule has 164 valence electrons. The summed E-state index contributed by atoms with van der Waals surface area (Å²) in [6.07, 6.45) is 0.811. The van der Waals surface area contributed by atoms with Gasteiger partial charge in [-0.25, -0.2) is 13.2 Å². The van der Waals surface area contributed by atoms with Crippen molar-refractivity contribution in [3.63, 3.8) is 0 Å². The number of nitrogens with zero attached hydrogens (tertiary/aromatic N) is 2. The molecule has 3 rings (SSSR count). The maximum absolute atomic E-state index is 12.6. The van der Waals surface area contributed by atoms with Crippen LogP contribution in [-0.4, -0.2) is 31.6 Å². The molecule has 0 radical (unpaired) electrons. The molecule has 10 heteroatoms. The Morgan fingerprint density at radius 2 is 1.81 bits per heavy atom. The van der Waals surface area contributed by atoms with E-state index in [4.69, 9.17) is 14.0 Å². The summed E-state index contributed by atoms with van der Waals surface area (Å²) < 4.78 is 43.1. The number of ether oxygens (including phenoxy) is 2. The number of esters is 1. The summed E-state index contributed by atoms with van der Waals surface area (Å²) in [5, 5.41) is 3.83. The highest BCUT2D eigenvalue weighted by atomic mass is 32.2. The SMILES string of the molecule is CCCc1noc(C(C)OC(=O)c2ccc(S(=O)(=O)Nc3ccc(OC)cc3)cc2)n1. The van der Waals surface area contributed by atoms with E-state index in [1.807, 2.05) is 6.92 Å². The lowest BCUT2D eigenvalue weighted by Gasteiger charge is -2.11. The Hall–Kier alpha value is -3.40. The summed E-state index contributed by atoms with van der Waals surface area (Å²) in [5.74, 6) is 0.746. The lowest BCUT2D eigenvalue weighted by atomic mass is 10.2. The van der Waals surface area contributed by atoms with Crippen molar-refractivity contribution >= 4 is 21.7 Å². The Morgan fingerprint density at radius 1 is 1.13 bits per heavy atom. The van der Waals surface area contributed by atoms with E-state index in [9.17, 15) is 13.2 Å². The highest BCUT2D eigenvalue weighted by Gasteiger charge is 2.21. The number of aromatic nitrogens is 2. The van der Waals surface area contributed by atoms with Crippen molar-refractivity contribution in [1.29, 1.82) is 0 Å². The number of hydrogen-bond acceptors (Lipinski definition) is 8. The number of rotatable bonds is 9. The van der Waals surface area contributed by atoms with Gasteiger partial charge in [0.25, 0.3) is 15.9 Å².